The summed E-state index contributed by atoms with van der Waals surface area (Å²) < 4.78 is 0. The second kappa shape index (κ2) is 5.10. The standard InChI is InChI=1S/C16H23N3O/c20-16(14-11-18-7-9-19(14)10-8-18)13-5-1-3-12-4-2-6-17-15(12)13/h2,4,6,13-14,16,20H,1,3,5,7-11H2. The van der Waals surface area contributed by atoms with E-state index >= 15 is 0 Å². The van der Waals surface area contributed by atoms with Gasteiger partial charge >= 0.3 is 0 Å². The molecule has 0 aromatic carbocycles. The molecule has 4 heteroatoms. The zero-order chi connectivity index (χ0) is 13.5. The highest BCUT2D eigenvalue weighted by atomic mass is 16.3. The first-order valence-electron chi connectivity index (χ1n) is 7.91. The Balaban J connectivity index is 1.59. The number of aryl methyl sites for hydroxylation is 1. The molecule has 0 saturated carbocycles. The summed E-state index contributed by atoms with van der Waals surface area (Å²) in [6.07, 6.45) is 4.98. The lowest BCUT2D eigenvalue weighted by Gasteiger charge is -2.50. The molecule has 0 spiro atoms. The summed E-state index contributed by atoms with van der Waals surface area (Å²) in [6, 6.07) is 4.50. The van der Waals surface area contributed by atoms with Gasteiger partial charge in [-0.3, -0.25) is 14.8 Å². The minimum Gasteiger partial charge on any atom is -0.391 e. The molecule has 1 aromatic heterocycles. The van der Waals surface area contributed by atoms with Gasteiger partial charge in [-0.1, -0.05) is 6.07 Å². The smallest absolute Gasteiger partial charge is 0.0791 e. The Bertz CT molecular complexity index is 484. The van der Waals surface area contributed by atoms with E-state index in [4.69, 9.17) is 0 Å². The van der Waals surface area contributed by atoms with E-state index in [2.05, 4.69) is 20.9 Å². The van der Waals surface area contributed by atoms with Crippen molar-refractivity contribution in [3.05, 3.63) is 29.6 Å². The number of hydrogen-bond donors (Lipinski definition) is 1. The number of aliphatic hydroxyl groups excluding tert-OH is 1. The quantitative estimate of drug-likeness (QED) is 0.867. The molecule has 2 bridgehead atoms. The van der Waals surface area contributed by atoms with Gasteiger partial charge < -0.3 is 5.11 Å². The molecule has 0 amide bonds. The van der Waals surface area contributed by atoms with Crippen LogP contribution in [0.25, 0.3) is 0 Å². The lowest BCUT2D eigenvalue weighted by molar-refractivity contribution is -0.0562. The Hall–Kier alpha value is -0.970. The van der Waals surface area contributed by atoms with Crippen LogP contribution in [0.15, 0.2) is 18.3 Å². The van der Waals surface area contributed by atoms with Crippen molar-refractivity contribution >= 4 is 0 Å². The van der Waals surface area contributed by atoms with E-state index in [0.717, 1.165) is 38.2 Å². The molecule has 108 valence electrons. The number of hydrogen-bond acceptors (Lipinski definition) is 4. The van der Waals surface area contributed by atoms with Gasteiger partial charge in [-0.15, -0.1) is 0 Å². The molecule has 0 radical (unpaired) electrons. The normalized spacial score (nSPS) is 37.5. The number of nitrogens with zero attached hydrogens (tertiary/aromatic N) is 3. The summed E-state index contributed by atoms with van der Waals surface area (Å²) in [5.41, 5.74) is 2.50. The molecule has 20 heavy (non-hydrogen) atoms. The second-order valence-electron chi connectivity index (χ2n) is 6.44. The average molecular weight is 273 g/mol. The molecule has 1 N–H and O–H groups in total. The predicted molar refractivity (Wildman–Crippen MR) is 77.7 cm³/mol. The van der Waals surface area contributed by atoms with Gasteiger partial charge in [0.25, 0.3) is 0 Å². The van der Waals surface area contributed by atoms with E-state index < -0.39 is 0 Å². The Kier molecular flexibility index (Phi) is 3.25. The molecular formula is C16H23N3O. The van der Waals surface area contributed by atoms with Gasteiger partial charge in [0.15, 0.2) is 0 Å². The van der Waals surface area contributed by atoms with Gasteiger partial charge in [0, 0.05) is 56.6 Å². The van der Waals surface area contributed by atoms with Crippen LogP contribution in [-0.4, -0.2) is 64.8 Å². The highest BCUT2D eigenvalue weighted by molar-refractivity contribution is 5.27. The molecular weight excluding hydrogens is 250 g/mol. The fraction of sp³-hybridized carbons (Fsp3) is 0.688. The summed E-state index contributed by atoms with van der Waals surface area (Å²) in [5, 5.41) is 11.0. The fourth-order valence-electron chi connectivity index (χ4n) is 4.23. The minimum atomic E-state index is -0.271. The zero-order valence-corrected chi connectivity index (χ0v) is 11.9. The lowest BCUT2D eigenvalue weighted by atomic mass is 9.80. The second-order valence-corrected chi connectivity index (χ2v) is 6.44. The number of rotatable bonds is 2. The van der Waals surface area contributed by atoms with E-state index in [1.807, 2.05) is 12.3 Å². The SMILES string of the molecule is OC(C1CCCc2cccnc21)C1CN2CCN1CC2. The first-order chi connectivity index (χ1) is 9.83. The first kappa shape index (κ1) is 12.7. The molecule has 1 aliphatic carbocycles. The van der Waals surface area contributed by atoms with Gasteiger partial charge in [0.1, 0.15) is 0 Å². The summed E-state index contributed by atoms with van der Waals surface area (Å²) >= 11 is 0. The molecule has 5 rings (SSSR count). The van der Waals surface area contributed by atoms with Crippen LogP contribution in [0, 0.1) is 0 Å². The topological polar surface area (TPSA) is 39.6 Å². The number of aromatic nitrogens is 1. The van der Waals surface area contributed by atoms with Gasteiger partial charge in [0.05, 0.1) is 6.10 Å². The van der Waals surface area contributed by atoms with Crippen molar-refractivity contribution < 1.29 is 5.11 Å². The average Bonchev–Trinajstić information content (AvgIpc) is 2.54. The summed E-state index contributed by atoms with van der Waals surface area (Å²) in [7, 11) is 0. The third kappa shape index (κ3) is 2.07. The Morgan fingerprint density at radius 2 is 2.10 bits per heavy atom. The summed E-state index contributed by atoms with van der Waals surface area (Å²) in [4.78, 5) is 9.57. The Morgan fingerprint density at radius 1 is 1.25 bits per heavy atom. The van der Waals surface area contributed by atoms with Crippen LogP contribution < -0.4 is 0 Å². The number of piperazine rings is 3. The van der Waals surface area contributed by atoms with Crippen molar-refractivity contribution in [2.75, 3.05) is 32.7 Å². The third-order valence-electron chi connectivity index (χ3n) is 5.37. The van der Waals surface area contributed by atoms with Crippen molar-refractivity contribution in [2.24, 2.45) is 0 Å². The summed E-state index contributed by atoms with van der Waals surface area (Å²) in [5.74, 6) is 0.227. The Labute approximate surface area is 120 Å². The third-order valence-corrected chi connectivity index (χ3v) is 5.37. The molecule has 1 aromatic rings. The van der Waals surface area contributed by atoms with Crippen LogP contribution >= 0.6 is 0 Å². The number of aliphatic hydroxyl groups is 1. The highest BCUT2D eigenvalue weighted by Gasteiger charge is 2.40. The fourth-order valence-corrected chi connectivity index (χ4v) is 4.23. The van der Waals surface area contributed by atoms with E-state index in [-0.39, 0.29) is 12.0 Å². The van der Waals surface area contributed by atoms with Crippen molar-refractivity contribution in [3.63, 3.8) is 0 Å². The predicted octanol–water partition coefficient (Wildman–Crippen LogP) is 0.862. The van der Waals surface area contributed by atoms with Crippen molar-refractivity contribution in [1.29, 1.82) is 0 Å². The molecule has 3 fully saturated rings. The van der Waals surface area contributed by atoms with Crippen LogP contribution in [0.1, 0.15) is 30.0 Å². The van der Waals surface area contributed by atoms with Gasteiger partial charge in [-0.05, 0) is 30.9 Å². The van der Waals surface area contributed by atoms with Crippen LogP contribution in [-0.2, 0) is 6.42 Å². The van der Waals surface area contributed by atoms with E-state index in [9.17, 15) is 5.11 Å². The molecule has 4 heterocycles. The van der Waals surface area contributed by atoms with Crippen LogP contribution in [0.3, 0.4) is 0 Å². The largest absolute Gasteiger partial charge is 0.391 e. The molecule has 4 nitrogen and oxygen atoms in total. The first-order valence-corrected chi connectivity index (χ1v) is 7.91. The van der Waals surface area contributed by atoms with Crippen LogP contribution in [0.5, 0.6) is 0 Å². The van der Waals surface area contributed by atoms with Gasteiger partial charge in [-0.25, -0.2) is 0 Å². The highest BCUT2D eigenvalue weighted by Crippen LogP contribution is 2.35. The van der Waals surface area contributed by atoms with Gasteiger partial charge in [-0.2, -0.15) is 0 Å². The van der Waals surface area contributed by atoms with Crippen LogP contribution in [0.2, 0.25) is 0 Å². The van der Waals surface area contributed by atoms with E-state index in [1.165, 1.54) is 25.1 Å². The lowest BCUT2D eigenvalue weighted by Crippen LogP contribution is -2.65. The zero-order valence-electron chi connectivity index (χ0n) is 11.9. The molecule has 3 unspecified atom stereocenters. The van der Waals surface area contributed by atoms with Crippen molar-refractivity contribution in [1.82, 2.24) is 14.8 Å². The summed E-state index contributed by atoms with van der Waals surface area (Å²) in [6.45, 7) is 5.60. The van der Waals surface area contributed by atoms with Crippen molar-refractivity contribution in [3.8, 4) is 0 Å². The van der Waals surface area contributed by atoms with Crippen molar-refractivity contribution in [2.45, 2.75) is 37.3 Å². The maximum atomic E-state index is 11.0. The molecule has 3 saturated heterocycles. The monoisotopic (exact) mass is 273 g/mol. The minimum absolute atomic E-state index is 0.227. The van der Waals surface area contributed by atoms with E-state index in [0.29, 0.717) is 6.04 Å². The molecule has 3 aliphatic heterocycles. The van der Waals surface area contributed by atoms with E-state index in [1.54, 1.807) is 0 Å². The number of fused-ring (bicyclic) bond motifs is 4. The maximum absolute atomic E-state index is 11.0. The molecule has 4 aliphatic rings. The maximum Gasteiger partial charge on any atom is 0.0791 e. The van der Waals surface area contributed by atoms with Gasteiger partial charge in [0.2, 0.25) is 0 Å². The van der Waals surface area contributed by atoms with Crippen LogP contribution in [0.4, 0.5) is 0 Å². The number of pyridine rings is 1. The molecule has 3 atom stereocenters. The Morgan fingerprint density at radius 3 is 2.85 bits per heavy atom.